The van der Waals surface area contributed by atoms with Crippen molar-refractivity contribution in [1.29, 1.82) is 0 Å². The van der Waals surface area contributed by atoms with Gasteiger partial charge in [0, 0.05) is 5.70 Å². The highest BCUT2D eigenvalue weighted by Crippen LogP contribution is 2.24. The van der Waals surface area contributed by atoms with Crippen LogP contribution in [-0.2, 0) is 0 Å². The van der Waals surface area contributed by atoms with Crippen molar-refractivity contribution in [2.24, 2.45) is 0 Å². The lowest BCUT2D eigenvalue weighted by atomic mass is 10.3. The third-order valence-corrected chi connectivity index (χ3v) is 2.54. The van der Waals surface area contributed by atoms with E-state index >= 15 is 0 Å². The molecule has 1 aliphatic rings. The summed E-state index contributed by atoms with van der Waals surface area (Å²) in [6.07, 6.45) is 10.9. The van der Waals surface area contributed by atoms with Crippen molar-refractivity contribution < 1.29 is 0 Å². The maximum atomic E-state index is 4.26. The normalized spacial score (nSPS) is 16.1. The first-order valence-electron chi connectivity index (χ1n) is 4.77. The van der Waals surface area contributed by atoms with E-state index in [2.05, 4.69) is 25.6 Å². The number of nitrogens with zero attached hydrogens (tertiary/aromatic N) is 4. The molecule has 2 aromatic rings. The molecule has 3 rings (SSSR count). The average Bonchev–Trinajstić information content (AvgIpc) is 2.85. The molecule has 70 valence electrons. The molecule has 2 heterocycles. The van der Waals surface area contributed by atoms with Crippen molar-refractivity contribution in [1.82, 2.24) is 19.5 Å². The van der Waals surface area contributed by atoms with Crippen LogP contribution in [0.2, 0.25) is 0 Å². The molecular formula is C10H10N4. The molecule has 1 aliphatic carbocycles. The fourth-order valence-electron chi connectivity index (χ4n) is 1.85. The van der Waals surface area contributed by atoms with Gasteiger partial charge < -0.3 is 0 Å². The second kappa shape index (κ2) is 2.90. The third kappa shape index (κ3) is 1.04. The Kier molecular flexibility index (Phi) is 1.59. The minimum absolute atomic E-state index is 0.861. The maximum absolute atomic E-state index is 4.26. The highest BCUT2D eigenvalue weighted by Gasteiger charge is 2.10. The van der Waals surface area contributed by atoms with Gasteiger partial charge in [-0.25, -0.2) is 15.0 Å². The van der Waals surface area contributed by atoms with Crippen molar-refractivity contribution in [2.75, 3.05) is 0 Å². The standard InChI is InChI=1S/C10H10N4/c1-2-4-8(3-1)14-7-13-9-5-11-6-12-10(9)14/h3,5-7H,1-2,4H2. The molecule has 14 heavy (non-hydrogen) atoms. The summed E-state index contributed by atoms with van der Waals surface area (Å²) in [4.78, 5) is 12.4. The smallest absolute Gasteiger partial charge is 0.167 e. The fourth-order valence-corrected chi connectivity index (χ4v) is 1.85. The molecule has 0 bridgehead atoms. The van der Waals surface area contributed by atoms with Crippen LogP contribution in [0.5, 0.6) is 0 Å². The van der Waals surface area contributed by atoms with Crippen molar-refractivity contribution in [3.05, 3.63) is 24.9 Å². The van der Waals surface area contributed by atoms with Crippen LogP contribution < -0.4 is 0 Å². The Morgan fingerprint density at radius 3 is 3.14 bits per heavy atom. The molecule has 0 amide bonds. The third-order valence-electron chi connectivity index (χ3n) is 2.54. The number of hydrogen-bond donors (Lipinski definition) is 0. The number of aromatic nitrogens is 4. The zero-order valence-corrected chi connectivity index (χ0v) is 7.72. The molecule has 0 N–H and O–H groups in total. The Bertz CT molecular complexity index is 498. The van der Waals surface area contributed by atoms with E-state index in [-0.39, 0.29) is 0 Å². The van der Waals surface area contributed by atoms with Crippen LogP contribution >= 0.6 is 0 Å². The van der Waals surface area contributed by atoms with Gasteiger partial charge in [0.2, 0.25) is 0 Å². The predicted octanol–water partition coefficient (Wildman–Crippen LogP) is 1.85. The summed E-state index contributed by atoms with van der Waals surface area (Å²) in [7, 11) is 0. The van der Waals surface area contributed by atoms with Gasteiger partial charge in [0.15, 0.2) is 5.65 Å². The number of allylic oxidation sites excluding steroid dienone is 2. The van der Waals surface area contributed by atoms with Gasteiger partial charge in [-0.15, -0.1) is 0 Å². The Morgan fingerprint density at radius 1 is 1.29 bits per heavy atom. The Labute approximate surface area is 81.3 Å². The number of hydrogen-bond acceptors (Lipinski definition) is 3. The summed E-state index contributed by atoms with van der Waals surface area (Å²) in [5.74, 6) is 0. The van der Waals surface area contributed by atoms with Gasteiger partial charge in [0.25, 0.3) is 0 Å². The molecule has 0 aromatic carbocycles. The van der Waals surface area contributed by atoms with E-state index < -0.39 is 0 Å². The Morgan fingerprint density at radius 2 is 2.29 bits per heavy atom. The van der Waals surface area contributed by atoms with E-state index in [4.69, 9.17) is 0 Å². The van der Waals surface area contributed by atoms with Gasteiger partial charge in [-0.05, 0) is 19.3 Å². The first kappa shape index (κ1) is 7.67. The van der Waals surface area contributed by atoms with Crippen LogP contribution in [0.3, 0.4) is 0 Å². The molecule has 0 fully saturated rings. The van der Waals surface area contributed by atoms with Gasteiger partial charge in [-0.2, -0.15) is 0 Å². The summed E-state index contributed by atoms with van der Waals surface area (Å²) in [5.41, 5.74) is 3.08. The predicted molar refractivity (Wildman–Crippen MR) is 53.4 cm³/mol. The molecule has 4 heteroatoms. The van der Waals surface area contributed by atoms with Gasteiger partial charge in [-0.1, -0.05) is 6.08 Å². The van der Waals surface area contributed by atoms with E-state index in [0.717, 1.165) is 17.6 Å². The first-order chi connectivity index (χ1) is 6.95. The summed E-state index contributed by atoms with van der Waals surface area (Å²) in [6, 6.07) is 0. The molecule has 0 saturated heterocycles. The second-order valence-corrected chi connectivity index (χ2v) is 3.43. The average molecular weight is 186 g/mol. The Hall–Kier alpha value is -1.71. The zero-order valence-electron chi connectivity index (χ0n) is 7.72. The lowest BCUT2D eigenvalue weighted by molar-refractivity contribution is 0.907. The van der Waals surface area contributed by atoms with Crippen LogP contribution in [0.25, 0.3) is 16.9 Å². The number of imidazole rings is 1. The van der Waals surface area contributed by atoms with Gasteiger partial charge in [0.05, 0.1) is 6.20 Å². The Balaban J connectivity index is 2.21. The van der Waals surface area contributed by atoms with E-state index in [1.165, 1.54) is 18.5 Å². The molecule has 0 radical (unpaired) electrons. The van der Waals surface area contributed by atoms with Crippen molar-refractivity contribution in [2.45, 2.75) is 19.3 Å². The molecule has 0 spiro atoms. The lowest BCUT2D eigenvalue weighted by Crippen LogP contribution is -1.93. The first-order valence-corrected chi connectivity index (χ1v) is 4.77. The number of fused-ring (bicyclic) bond motifs is 1. The quantitative estimate of drug-likeness (QED) is 0.682. The summed E-state index contributed by atoms with van der Waals surface area (Å²) >= 11 is 0. The molecule has 0 atom stereocenters. The topological polar surface area (TPSA) is 43.6 Å². The molecule has 0 saturated carbocycles. The van der Waals surface area contributed by atoms with E-state index in [0.29, 0.717) is 0 Å². The van der Waals surface area contributed by atoms with Crippen molar-refractivity contribution >= 4 is 16.9 Å². The zero-order chi connectivity index (χ0) is 9.38. The van der Waals surface area contributed by atoms with Gasteiger partial charge >= 0.3 is 0 Å². The molecule has 2 aromatic heterocycles. The fraction of sp³-hybridized carbons (Fsp3) is 0.300. The van der Waals surface area contributed by atoms with Gasteiger partial charge in [0.1, 0.15) is 18.2 Å². The SMILES string of the molecule is C1=C(n2cnc3cncnc32)CCC1. The van der Waals surface area contributed by atoms with Crippen LogP contribution in [0.1, 0.15) is 19.3 Å². The highest BCUT2D eigenvalue weighted by molar-refractivity contribution is 5.74. The molecular weight excluding hydrogens is 176 g/mol. The molecule has 0 aliphatic heterocycles. The largest absolute Gasteiger partial charge is 0.287 e. The van der Waals surface area contributed by atoms with Crippen molar-refractivity contribution in [3.8, 4) is 0 Å². The lowest BCUT2D eigenvalue weighted by Gasteiger charge is -2.02. The van der Waals surface area contributed by atoms with Crippen molar-refractivity contribution in [3.63, 3.8) is 0 Å². The second-order valence-electron chi connectivity index (χ2n) is 3.43. The molecule has 4 nitrogen and oxygen atoms in total. The van der Waals surface area contributed by atoms with E-state index in [1.54, 1.807) is 12.5 Å². The van der Waals surface area contributed by atoms with Crippen LogP contribution in [0, 0.1) is 0 Å². The molecule has 0 unspecified atom stereocenters. The summed E-state index contributed by atoms with van der Waals surface area (Å²) in [5, 5.41) is 0. The van der Waals surface area contributed by atoms with E-state index in [9.17, 15) is 0 Å². The van der Waals surface area contributed by atoms with Crippen LogP contribution in [-0.4, -0.2) is 19.5 Å². The maximum Gasteiger partial charge on any atom is 0.167 e. The van der Waals surface area contributed by atoms with Crippen LogP contribution in [0.15, 0.2) is 24.9 Å². The van der Waals surface area contributed by atoms with E-state index in [1.807, 2.05) is 6.33 Å². The monoisotopic (exact) mass is 186 g/mol. The minimum Gasteiger partial charge on any atom is -0.287 e. The summed E-state index contributed by atoms with van der Waals surface area (Å²) in [6.45, 7) is 0. The van der Waals surface area contributed by atoms with Crippen LogP contribution in [0.4, 0.5) is 0 Å². The summed E-state index contributed by atoms with van der Waals surface area (Å²) < 4.78 is 2.06. The number of rotatable bonds is 1. The minimum atomic E-state index is 0.861. The highest BCUT2D eigenvalue weighted by atomic mass is 15.1. The van der Waals surface area contributed by atoms with Gasteiger partial charge in [-0.3, -0.25) is 4.57 Å².